The zero-order valence-corrected chi connectivity index (χ0v) is 11.2. The number of hydrogen-bond acceptors (Lipinski definition) is 2. The third kappa shape index (κ3) is 5.62. The van der Waals surface area contributed by atoms with Crippen molar-refractivity contribution >= 4 is 11.7 Å². The summed E-state index contributed by atoms with van der Waals surface area (Å²) in [6.45, 7) is 4.28. The molecule has 18 heavy (non-hydrogen) atoms. The topological polar surface area (TPSA) is 46.2 Å². The van der Waals surface area contributed by atoms with Crippen LogP contribution in [0.5, 0.6) is 0 Å². The number of ketones is 1. The summed E-state index contributed by atoms with van der Waals surface area (Å²) in [6, 6.07) is 7.53. The molecule has 3 heteroatoms. The van der Waals surface area contributed by atoms with Crippen molar-refractivity contribution in [3.05, 3.63) is 35.4 Å². The van der Waals surface area contributed by atoms with E-state index in [4.69, 9.17) is 0 Å². The zero-order valence-electron chi connectivity index (χ0n) is 11.2. The lowest BCUT2D eigenvalue weighted by Gasteiger charge is -2.05. The van der Waals surface area contributed by atoms with Gasteiger partial charge < -0.3 is 10.1 Å². The molecule has 0 fully saturated rings. The van der Waals surface area contributed by atoms with Gasteiger partial charge in [0.05, 0.1) is 0 Å². The van der Waals surface area contributed by atoms with Crippen LogP contribution in [0.4, 0.5) is 0 Å². The number of Topliss-reactive ketones (excluding diaryl/α,β-unsaturated/α-hetero) is 1. The van der Waals surface area contributed by atoms with Crippen LogP contribution in [0, 0.1) is 6.92 Å². The monoisotopic (exact) mass is 247 g/mol. The third-order valence-electron chi connectivity index (χ3n) is 2.80. The number of unbranched alkanes of at least 4 members (excludes halogenated alkanes) is 2. The summed E-state index contributed by atoms with van der Waals surface area (Å²) in [4.78, 5) is 22.5. The highest BCUT2D eigenvalue weighted by Gasteiger charge is 2.03. The van der Waals surface area contributed by atoms with E-state index in [1.807, 2.05) is 31.2 Å². The highest BCUT2D eigenvalue weighted by Crippen LogP contribution is 2.03. The molecule has 0 bridgehead atoms. The number of hydrogen-bond donors (Lipinski definition) is 1. The van der Waals surface area contributed by atoms with Gasteiger partial charge in [0.2, 0.25) is 0 Å². The highest BCUT2D eigenvalue weighted by molar-refractivity contribution is 5.94. The van der Waals surface area contributed by atoms with E-state index in [1.165, 1.54) is 0 Å². The van der Waals surface area contributed by atoms with Crippen LogP contribution < -0.4 is 5.32 Å². The SMILES string of the molecule is CC(=O)CCCCCNC(=O)c1ccc(C)cc1. The normalized spacial score (nSPS) is 10.1. The molecule has 3 nitrogen and oxygen atoms in total. The van der Waals surface area contributed by atoms with Crippen molar-refractivity contribution in [1.82, 2.24) is 5.32 Å². The van der Waals surface area contributed by atoms with Crippen molar-refractivity contribution < 1.29 is 9.59 Å². The molecule has 0 heterocycles. The Morgan fingerprint density at radius 2 is 1.72 bits per heavy atom. The lowest BCUT2D eigenvalue weighted by Crippen LogP contribution is -2.24. The van der Waals surface area contributed by atoms with E-state index in [9.17, 15) is 9.59 Å². The van der Waals surface area contributed by atoms with Gasteiger partial charge >= 0.3 is 0 Å². The first-order valence-corrected chi connectivity index (χ1v) is 6.44. The van der Waals surface area contributed by atoms with Gasteiger partial charge in [0.1, 0.15) is 5.78 Å². The molecule has 1 amide bonds. The Balaban J connectivity index is 2.17. The maximum Gasteiger partial charge on any atom is 0.251 e. The van der Waals surface area contributed by atoms with Crippen molar-refractivity contribution in [2.45, 2.75) is 39.5 Å². The Labute approximate surface area is 109 Å². The Bertz CT molecular complexity index is 395. The summed E-state index contributed by atoms with van der Waals surface area (Å²) < 4.78 is 0. The summed E-state index contributed by atoms with van der Waals surface area (Å²) in [6.07, 6.45) is 3.46. The van der Waals surface area contributed by atoms with Gasteiger partial charge in [0.15, 0.2) is 0 Å². The Kier molecular flexibility index (Phi) is 6.12. The average Bonchev–Trinajstić information content (AvgIpc) is 2.34. The fourth-order valence-corrected chi connectivity index (χ4v) is 1.68. The van der Waals surface area contributed by atoms with Crippen molar-refractivity contribution in [2.24, 2.45) is 0 Å². The molecular formula is C15H21NO2. The number of rotatable bonds is 7. The van der Waals surface area contributed by atoms with E-state index in [2.05, 4.69) is 5.32 Å². The van der Waals surface area contributed by atoms with Gasteiger partial charge in [-0.15, -0.1) is 0 Å². The second-order valence-corrected chi connectivity index (χ2v) is 4.63. The van der Waals surface area contributed by atoms with E-state index < -0.39 is 0 Å². The van der Waals surface area contributed by atoms with Crippen LogP contribution >= 0.6 is 0 Å². The lowest BCUT2D eigenvalue weighted by molar-refractivity contribution is -0.117. The molecule has 0 spiro atoms. The molecule has 98 valence electrons. The van der Waals surface area contributed by atoms with Gasteiger partial charge in [-0.05, 0) is 38.8 Å². The molecule has 0 atom stereocenters. The molecule has 0 aliphatic rings. The molecule has 0 saturated heterocycles. The predicted molar refractivity (Wildman–Crippen MR) is 72.7 cm³/mol. The highest BCUT2D eigenvalue weighted by atomic mass is 16.1. The van der Waals surface area contributed by atoms with Crippen LogP contribution in [0.2, 0.25) is 0 Å². The molecule has 0 aromatic heterocycles. The van der Waals surface area contributed by atoms with Crippen LogP contribution in [-0.2, 0) is 4.79 Å². The lowest BCUT2D eigenvalue weighted by atomic mass is 10.1. The molecule has 0 unspecified atom stereocenters. The van der Waals surface area contributed by atoms with Gasteiger partial charge in [-0.1, -0.05) is 24.1 Å². The van der Waals surface area contributed by atoms with Crippen LogP contribution in [0.25, 0.3) is 0 Å². The van der Waals surface area contributed by atoms with Gasteiger partial charge in [-0.3, -0.25) is 4.79 Å². The summed E-state index contributed by atoms with van der Waals surface area (Å²) >= 11 is 0. The molecule has 0 radical (unpaired) electrons. The van der Waals surface area contributed by atoms with E-state index >= 15 is 0 Å². The first-order valence-electron chi connectivity index (χ1n) is 6.44. The minimum atomic E-state index is -0.0263. The summed E-state index contributed by atoms with van der Waals surface area (Å²) in [5, 5.41) is 2.88. The molecule has 1 aromatic rings. The molecule has 0 aliphatic carbocycles. The van der Waals surface area contributed by atoms with E-state index in [0.29, 0.717) is 18.5 Å². The van der Waals surface area contributed by atoms with Crippen LogP contribution in [0.3, 0.4) is 0 Å². The van der Waals surface area contributed by atoms with Crippen molar-refractivity contribution in [3.8, 4) is 0 Å². The molecular weight excluding hydrogens is 226 g/mol. The fraction of sp³-hybridized carbons (Fsp3) is 0.467. The van der Waals surface area contributed by atoms with Crippen LogP contribution in [0.1, 0.15) is 48.5 Å². The van der Waals surface area contributed by atoms with Crippen LogP contribution in [-0.4, -0.2) is 18.2 Å². The van der Waals surface area contributed by atoms with E-state index in [0.717, 1.165) is 24.8 Å². The third-order valence-corrected chi connectivity index (χ3v) is 2.80. The smallest absolute Gasteiger partial charge is 0.251 e. The van der Waals surface area contributed by atoms with Gasteiger partial charge in [-0.2, -0.15) is 0 Å². The number of carbonyl (C=O) groups is 2. The number of aryl methyl sites for hydroxylation is 1. The van der Waals surface area contributed by atoms with Gasteiger partial charge in [-0.25, -0.2) is 0 Å². The standard InChI is InChI=1S/C15H21NO2/c1-12-7-9-14(10-8-12)15(18)16-11-5-3-4-6-13(2)17/h7-10H,3-6,11H2,1-2H3,(H,16,18). The molecule has 1 rings (SSSR count). The Hall–Kier alpha value is -1.64. The fourth-order valence-electron chi connectivity index (χ4n) is 1.68. The summed E-state index contributed by atoms with van der Waals surface area (Å²) in [7, 11) is 0. The van der Waals surface area contributed by atoms with Crippen molar-refractivity contribution in [3.63, 3.8) is 0 Å². The molecule has 1 N–H and O–H groups in total. The molecule has 1 aromatic carbocycles. The van der Waals surface area contributed by atoms with Crippen molar-refractivity contribution in [1.29, 1.82) is 0 Å². The number of carbonyl (C=O) groups excluding carboxylic acids is 2. The first-order chi connectivity index (χ1) is 8.59. The maximum atomic E-state index is 11.7. The minimum absolute atomic E-state index is 0.0263. The first kappa shape index (κ1) is 14.4. The molecule has 0 saturated carbocycles. The second kappa shape index (κ2) is 7.64. The average molecular weight is 247 g/mol. The number of benzene rings is 1. The second-order valence-electron chi connectivity index (χ2n) is 4.63. The summed E-state index contributed by atoms with van der Waals surface area (Å²) in [5.74, 6) is 0.209. The Morgan fingerprint density at radius 3 is 2.33 bits per heavy atom. The molecule has 0 aliphatic heterocycles. The maximum absolute atomic E-state index is 11.7. The summed E-state index contributed by atoms with van der Waals surface area (Å²) in [5.41, 5.74) is 1.85. The van der Waals surface area contributed by atoms with E-state index in [1.54, 1.807) is 6.92 Å². The Morgan fingerprint density at radius 1 is 1.06 bits per heavy atom. The van der Waals surface area contributed by atoms with Gasteiger partial charge in [0, 0.05) is 18.5 Å². The quantitative estimate of drug-likeness (QED) is 0.753. The van der Waals surface area contributed by atoms with Crippen molar-refractivity contribution in [2.75, 3.05) is 6.54 Å². The van der Waals surface area contributed by atoms with Gasteiger partial charge in [0.25, 0.3) is 5.91 Å². The largest absolute Gasteiger partial charge is 0.352 e. The van der Waals surface area contributed by atoms with Crippen LogP contribution in [0.15, 0.2) is 24.3 Å². The van der Waals surface area contributed by atoms with E-state index in [-0.39, 0.29) is 11.7 Å². The number of nitrogens with one attached hydrogen (secondary N) is 1. The minimum Gasteiger partial charge on any atom is -0.352 e. The zero-order chi connectivity index (χ0) is 13.4. The predicted octanol–water partition coefficient (Wildman–Crippen LogP) is 2.87. The number of amides is 1.